The van der Waals surface area contributed by atoms with Crippen molar-refractivity contribution >= 4 is 21.6 Å². The average molecular weight is 327 g/mol. The van der Waals surface area contributed by atoms with E-state index in [1.165, 1.54) is 11.3 Å². The van der Waals surface area contributed by atoms with E-state index in [4.69, 9.17) is 10.5 Å². The van der Waals surface area contributed by atoms with Crippen LogP contribution in [0.15, 0.2) is 22.7 Å². The van der Waals surface area contributed by atoms with Gasteiger partial charge in [0.2, 0.25) is 0 Å². The Morgan fingerprint density at radius 1 is 1.53 bits per heavy atom. The van der Waals surface area contributed by atoms with E-state index in [9.17, 15) is 0 Å². The molecule has 1 aromatic rings. The molecule has 2 unspecified atom stereocenters. The second kappa shape index (κ2) is 6.73. The number of anilines is 1. The van der Waals surface area contributed by atoms with Gasteiger partial charge in [-0.2, -0.15) is 0 Å². The minimum atomic E-state index is 0.242. The highest BCUT2D eigenvalue weighted by atomic mass is 79.9. The van der Waals surface area contributed by atoms with Gasteiger partial charge in [-0.1, -0.05) is 28.9 Å². The molecule has 2 N–H and O–H groups in total. The molecule has 0 aromatic heterocycles. The first kappa shape index (κ1) is 14.8. The van der Waals surface area contributed by atoms with Gasteiger partial charge in [-0.15, -0.1) is 0 Å². The molecule has 2 rings (SSSR count). The maximum atomic E-state index is 6.02. The molecule has 3 nitrogen and oxygen atoms in total. The van der Waals surface area contributed by atoms with Gasteiger partial charge in [-0.25, -0.2) is 0 Å². The summed E-state index contributed by atoms with van der Waals surface area (Å²) in [6, 6.07) is 6.83. The number of nitrogens with two attached hydrogens (primary N) is 1. The highest BCUT2D eigenvalue weighted by molar-refractivity contribution is 9.10. The van der Waals surface area contributed by atoms with Crippen LogP contribution in [0, 0.1) is 0 Å². The van der Waals surface area contributed by atoms with Crippen molar-refractivity contribution in [2.24, 2.45) is 5.73 Å². The number of rotatable bonds is 5. The van der Waals surface area contributed by atoms with Crippen molar-refractivity contribution in [3.05, 3.63) is 28.2 Å². The summed E-state index contributed by atoms with van der Waals surface area (Å²) in [5, 5.41) is 0. The van der Waals surface area contributed by atoms with Gasteiger partial charge in [0.05, 0.1) is 6.10 Å². The van der Waals surface area contributed by atoms with Crippen LogP contribution in [0.2, 0.25) is 0 Å². The van der Waals surface area contributed by atoms with Crippen molar-refractivity contribution < 1.29 is 4.74 Å². The van der Waals surface area contributed by atoms with Crippen LogP contribution in [-0.4, -0.2) is 32.3 Å². The van der Waals surface area contributed by atoms with Crippen molar-refractivity contribution in [1.82, 2.24) is 0 Å². The third-order valence-electron chi connectivity index (χ3n) is 3.89. The Kier molecular flexibility index (Phi) is 5.25. The minimum absolute atomic E-state index is 0.242. The summed E-state index contributed by atoms with van der Waals surface area (Å²) in [5.74, 6) is 0. The average Bonchev–Trinajstić information content (AvgIpc) is 2.89. The molecule has 1 fully saturated rings. The Labute approximate surface area is 124 Å². The van der Waals surface area contributed by atoms with E-state index in [0.29, 0.717) is 6.10 Å². The Hall–Kier alpha value is -0.580. The summed E-state index contributed by atoms with van der Waals surface area (Å²) in [6.45, 7) is 4.18. The van der Waals surface area contributed by atoms with Crippen molar-refractivity contribution in [2.75, 3.05) is 25.1 Å². The fourth-order valence-electron chi connectivity index (χ4n) is 2.48. The second-order valence-corrected chi connectivity index (χ2v) is 6.09. The second-order valence-electron chi connectivity index (χ2n) is 5.24. The molecule has 1 heterocycles. The zero-order valence-corrected chi connectivity index (χ0v) is 13.3. The monoisotopic (exact) mass is 326 g/mol. The molecule has 4 heteroatoms. The SMILES string of the molecule is CCC(N)Cc1ccc(N2CCC(OC)C2)cc1Br. The van der Waals surface area contributed by atoms with E-state index in [1.807, 2.05) is 0 Å². The van der Waals surface area contributed by atoms with Crippen LogP contribution in [0.5, 0.6) is 0 Å². The van der Waals surface area contributed by atoms with E-state index in [1.54, 1.807) is 7.11 Å². The topological polar surface area (TPSA) is 38.5 Å². The first-order chi connectivity index (χ1) is 9.13. The van der Waals surface area contributed by atoms with Crippen molar-refractivity contribution in [2.45, 2.75) is 38.3 Å². The molecule has 0 saturated carbocycles. The fourth-order valence-corrected chi connectivity index (χ4v) is 3.01. The Morgan fingerprint density at radius 2 is 2.32 bits per heavy atom. The number of benzene rings is 1. The predicted molar refractivity (Wildman–Crippen MR) is 83.7 cm³/mol. The number of nitrogens with zero attached hydrogens (tertiary/aromatic N) is 1. The van der Waals surface area contributed by atoms with Gasteiger partial charge in [0, 0.05) is 36.4 Å². The molecule has 1 aromatic carbocycles. The van der Waals surface area contributed by atoms with Crippen molar-refractivity contribution in [3.8, 4) is 0 Å². The fraction of sp³-hybridized carbons (Fsp3) is 0.600. The third kappa shape index (κ3) is 3.71. The summed E-state index contributed by atoms with van der Waals surface area (Å²) < 4.78 is 6.58. The Balaban J connectivity index is 2.06. The lowest BCUT2D eigenvalue weighted by Gasteiger charge is -2.20. The number of ether oxygens (including phenoxy) is 1. The zero-order chi connectivity index (χ0) is 13.8. The van der Waals surface area contributed by atoms with Gasteiger partial charge in [0.15, 0.2) is 0 Å². The van der Waals surface area contributed by atoms with Gasteiger partial charge in [0.25, 0.3) is 0 Å². The number of halogens is 1. The molecule has 19 heavy (non-hydrogen) atoms. The molecule has 1 saturated heterocycles. The molecular formula is C15H23BrN2O. The third-order valence-corrected chi connectivity index (χ3v) is 4.62. The normalized spacial score (nSPS) is 20.8. The van der Waals surface area contributed by atoms with E-state index in [2.05, 4.69) is 46.0 Å². The highest BCUT2D eigenvalue weighted by Crippen LogP contribution is 2.28. The van der Waals surface area contributed by atoms with E-state index >= 15 is 0 Å². The van der Waals surface area contributed by atoms with Crippen molar-refractivity contribution in [3.63, 3.8) is 0 Å². The van der Waals surface area contributed by atoms with Gasteiger partial charge >= 0.3 is 0 Å². The predicted octanol–water partition coefficient (Wildman–Crippen LogP) is 2.95. The molecule has 0 spiro atoms. The molecule has 1 aliphatic heterocycles. The van der Waals surface area contributed by atoms with Gasteiger partial charge in [0.1, 0.15) is 0 Å². The number of hydrogen-bond acceptors (Lipinski definition) is 3. The van der Waals surface area contributed by atoms with Crippen LogP contribution < -0.4 is 10.6 Å². The highest BCUT2D eigenvalue weighted by Gasteiger charge is 2.22. The summed E-state index contributed by atoms with van der Waals surface area (Å²) >= 11 is 3.67. The standard InChI is InChI=1S/C15H23BrN2O/c1-3-12(17)8-11-4-5-13(9-15(11)16)18-7-6-14(10-18)19-2/h4-5,9,12,14H,3,6-8,10,17H2,1-2H3. The molecule has 0 bridgehead atoms. The number of hydrogen-bond donors (Lipinski definition) is 1. The van der Waals surface area contributed by atoms with Gasteiger partial charge < -0.3 is 15.4 Å². The van der Waals surface area contributed by atoms with Crippen LogP contribution in [0.4, 0.5) is 5.69 Å². The smallest absolute Gasteiger partial charge is 0.0762 e. The molecule has 106 valence electrons. The van der Waals surface area contributed by atoms with E-state index in [0.717, 1.165) is 36.8 Å². The lowest BCUT2D eigenvalue weighted by atomic mass is 10.0. The largest absolute Gasteiger partial charge is 0.380 e. The summed E-state index contributed by atoms with van der Waals surface area (Å²) in [4.78, 5) is 2.38. The summed E-state index contributed by atoms with van der Waals surface area (Å²) in [5.41, 5.74) is 8.58. The summed E-state index contributed by atoms with van der Waals surface area (Å²) in [7, 11) is 1.79. The first-order valence-corrected chi connectivity index (χ1v) is 7.75. The van der Waals surface area contributed by atoms with E-state index < -0.39 is 0 Å². The van der Waals surface area contributed by atoms with Crippen LogP contribution in [0.25, 0.3) is 0 Å². The quantitative estimate of drug-likeness (QED) is 0.904. The lowest BCUT2D eigenvalue weighted by molar-refractivity contribution is 0.121. The lowest BCUT2D eigenvalue weighted by Crippen LogP contribution is -2.23. The van der Waals surface area contributed by atoms with Crippen molar-refractivity contribution in [1.29, 1.82) is 0 Å². The van der Waals surface area contributed by atoms with Crippen LogP contribution in [0.1, 0.15) is 25.3 Å². The van der Waals surface area contributed by atoms with Gasteiger partial charge in [-0.05, 0) is 37.0 Å². The van der Waals surface area contributed by atoms with Crippen LogP contribution in [-0.2, 0) is 11.2 Å². The molecule has 0 amide bonds. The molecule has 1 aliphatic rings. The Bertz CT molecular complexity index is 425. The van der Waals surface area contributed by atoms with Crippen LogP contribution in [0.3, 0.4) is 0 Å². The zero-order valence-electron chi connectivity index (χ0n) is 11.7. The molecule has 0 radical (unpaired) electrons. The molecular weight excluding hydrogens is 304 g/mol. The minimum Gasteiger partial charge on any atom is -0.380 e. The Morgan fingerprint density at radius 3 is 2.89 bits per heavy atom. The van der Waals surface area contributed by atoms with Gasteiger partial charge in [-0.3, -0.25) is 0 Å². The first-order valence-electron chi connectivity index (χ1n) is 6.95. The van der Waals surface area contributed by atoms with Crippen LogP contribution >= 0.6 is 15.9 Å². The maximum absolute atomic E-state index is 6.02. The number of methoxy groups -OCH3 is 1. The molecule has 0 aliphatic carbocycles. The maximum Gasteiger partial charge on any atom is 0.0762 e. The molecule has 2 atom stereocenters. The summed E-state index contributed by atoms with van der Waals surface area (Å²) in [6.07, 6.45) is 3.41. The van der Waals surface area contributed by atoms with E-state index in [-0.39, 0.29) is 6.04 Å².